The molecule has 0 amide bonds. The van der Waals surface area contributed by atoms with Crippen molar-refractivity contribution >= 4 is 11.8 Å². The van der Waals surface area contributed by atoms with E-state index in [2.05, 4.69) is 32.4 Å². The molecule has 0 aliphatic carbocycles. The Balaban J connectivity index is 2.13. The zero-order valence-corrected chi connectivity index (χ0v) is 12.6. The average Bonchev–Trinajstić information content (AvgIpc) is 3.17. The van der Waals surface area contributed by atoms with E-state index in [0.717, 1.165) is 35.6 Å². The van der Waals surface area contributed by atoms with Gasteiger partial charge in [0, 0.05) is 23.2 Å². The third-order valence-corrected chi connectivity index (χ3v) is 3.70. The summed E-state index contributed by atoms with van der Waals surface area (Å²) in [6.45, 7) is 4.23. The number of nitrogens with zero attached hydrogens (tertiary/aromatic N) is 2. The molecule has 1 atom stereocenters. The summed E-state index contributed by atoms with van der Waals surface area (Å²) in [5, 5.41) is 10.3. The van der Waals surface area contributed by atoms with Gasteiger partial charge in [0.1, 0.15) is 5.82 Å². The number of carbonyl (C=O) groups is 1. The van der Waals surface area contributed by atoms with Crippen LogP contribution in [0.5, 0.6) is 0 Å². The lowest BCUT2D eigenvalue weighted by Crippen LogP contribution is -2.25. The molecule has 7 nitrogen and oxygen atoms in total. The molecule has 0 radical (unpaired) electrons. The van der Waals surface area contributed by atoms with Gasteiger partial charge >= 0.3 is 5.97 Å². The number of ether oxygens (including phenoxy) is 1. The lowest BCUT2D eigenvalue weighted by molar-refractivity contribution is -0.138. The summed E-state index contributed by atoms with van der Waals surface area (Å²) in [6.07, 6.45) is 6.76. The van der Waals surface area contributed by atoms with E-state index in [1.54, 1.807) is 18.7 Å². The van der Waals surface area contributed by atoms with Crippen molar-refractivity contribution in [2.75, 3.05) is 11.9 Å². The van der Waals surface area contributed by atoms with Crippen LogP contribution in [-0.2, 0) is 9.53 Å². The summed E-state index contributed by atoms with van der Waals surface area (Å²) in [5.41, 5.74) is 3.26. The van der Waals surface area contributed by atoms with E-state index >= 15 is 0 Å². The number of allylic oxidation sites excluding steroid dienone is 1. The van der Waals surface area contributed by atoms with Crippen LogP contribution in [0.3, 0.4) is 0 Å². The van der Waals surface area contributed by atoms with Crippen LogP contribution in [0.1, 0.15) is 43.9 Å². The number of anilines is 1. The van der Waals surface area contributed by atoms with Crippen molar-refractivity contribution in [1.82, 2.24) is 20.2 Å². The van der Waals surface area contributed by atoms with Gasteiger partial charge in [-0.2, -0.15) is 5.10 Å². The van der Waals surface area contributed by atoms with Gasteiger partial charge in [-0.15, -0.1) is 0 Å². The minimum Gasteiger partial charge on any atom is -0.463 e. The maximum atomic E-state index is 12.5. The SMILES string of the molecule is CCCC1=C(C(=O)OCC)C(c2cnc[nH]2)c2cn[nH]c2N1. The Bertz CT molecular complexity index is 687. The monoisotopic (exact) mass is 301 g/mol. The van der Waals surface area contributed by atoms with Crippen LogP contribution in [0.2, 0.25) is 0 Å². The Morgan fingerprint density at radius 3 is 2.91 bits per heavy atom. The predicted molar refractivity (Wildman–Crippen MR) is 81.2 cm³/mol. The van der Waals surface area contributed by atoms with E-state index in [9.17, 15) is 4.79 Å². The molecule has 22 heavy (non-hydrogen) atoms. The average molecular weight is 301 g/mol. The van der Waals surface area contributed by atoms with Crippen molar-refractivity contribution in [2.45, 2.75) is 32.6 Å². The smallest absolute Gasteiger partial charge is 0.336 e. The molecule has 0 saturated heterocycles. The molecule has 2 aromatic heterocycles. The first-order valence-corrected chi connectivity index (χ1v) is 7.44. The minimum atomic E-state index is -0.301. The number of aromatic amines is 2. The molecule has 2 aromatic rings. The van der Waals surface area contributed by atoms with E-state index in [0.29, 0.717) is 12.2 Å². The topological polar surface area (TPSA) is 95.7 Å². The molecule has 0 spiro atoms. The lowest BCUT2D eigenvalue weighted by atomic mass is 9.85. The largest absolute Gasteiger partial charge is 0.463 e. The molecule has 1 unspecified atom stereocenters. The van der Waals surface area contributed by atoms with E-state index < -0.39 is 0 Å². The zero-order chi connectivity index (χ0) is 15.5. The third kappa shape index (κ3) is 2.38. The number of H-pyrrole nitrogens is 2. The summed E-state index contributed by atoms with van der Waals surface area (Å²) < 4.78 is 5.28. The van der Waals surface area contributed by atoms with E-state index in [-0.39, 0.29) is 11.9 Å². The zero-order valence-electron chi connectivity index (χ0n) is 12.6. The van der Waals surface area contributed by atoms with Gasteiger partial charge in [-0.25, -0.2) is 9.78 Å². The Morgan fingerprint density at radius 1 is 1.36 bits per heavy atom. The van der Waals surface area contributed by atoms with E-state index in [4.69, 9.17) is 4.74 Å². The highest BCUT2D eigenvalue weighted by atomic mass is 16.5. The second kappa shape index (κ2) is 6.05. The van der Waals surface area contributed by atoms with Gasteiger partial charge in [0.05, 0.1) is 30.6 Å². The molecule has 1 aliphatic rings. The number of imidazole rings is 1. The molecular weight excluding hydrogens is 282 g/mol. The Kier molecular flexibility index (Phi) is 3.95. The number of carbonyl (C=O) groups excluding carboxylic acids is 1. The van der Waals surface area contributed by atoms with Crippen LogP contribution < -0.4 is 5.32 Å². The fraction of sp³-hybridized carbons (Fsp3) is 0.400. The quantitative estimate of drug-likeness (QED) is 0.736. The normalized spacial score (nSPS) is 17.1. The maximum Gasteiger partial charge on any atom is 0.336 e. The number of nitrogens with one attached hydrogen (secondary N) is 3. The van der Waals surface area contributed by atoms with Crippen molar-refractivity contribution in [2.24, 2.45) is 0 Å². The number of aromatic nitrogens is 4. The van der Waals surface area contributed by atoms with Crippen LogP contribution in [0, 0.1) is 0 Å². The Labute approximate surface area is 128 Å². The van der Waals surface area contributed by atoms with Crippen LogP contribution in [0.25, 0.3) is 0 Å². The molecular formula is C15H19N5O2. The van der Waals surface area contributed by atoms with Crippen LogP contribution >= 0.6 is 0 Å². The van der Waals surface area contributed by atoms with E-state index in [1.165, 1.54) is 0 Å². The molecule has 3 N–H and O–H groups in total. The van der Waals surface area contributed by atoms with Crippen molar-refractivity contribution < 1.29 is 9.53 Å². The van der Waals surface area contributed by atoms with Crippen LogP contribution in [0.15, 0.2) is 30.0 Å². The summed E-state index contributed by atoms with van der Waals surface area (Å²) in [5.74, 6) is 0.263. The minimum absolute atomic E-state index is 0.252. The van der Waals surface area contributed by atoms with E-state index in [1.807, 2.05) is 6.92 Å². The summed E-state index contributed by atoms with van der Waals surface area (Å²) >= 11 is 0. The highest BCUT2D eigenvalue weighted by Crippen LogP contribution is 2.41. The van der Waals surface area contributed by atoms with Crippen molar-refractivity contribution in [3.05, 3.63) is 41.2 Å². The fourth-order valence-electron chi connectivity index (χ4n) is 2.81. The van der Waals surface area contributed by atoms with Crippen molar-refractivity contribution in [1.29, 1.82) is 0 Å². The number of rotatable bonds is 5. The first-order valence-electron chi connectivity index (χ1n) is 7.44. The third-order valence-electron chi connectivity index (χ3n) is 3.70. The molecule has 1 aliphatic heterocycles. The number of fused-ring (bicyclic) bond motifs is 1. The van der Waals surface area contributed by atoms with Gasteiger partial charge in [0.15, 0.2) is 0 Å². The molecule has 7 heteroatoms. The number of hydrogen-bond donors (Lipinski definition) is 3. The van der Waals surface area contributed by atoms with Crippen molar-refractivity contribution in [3.63, 3.8) is 0 Å². The van der Waals surface area contributed by atoms with Crippen LogP contribution in [0.4, 0.5) is 5.82 Å². The molecule has 3 heterocycles. The van der Waals surface area contributed by atoms with Gasteiger partial charge < -0.3 is 15.0 Å². The second-order valence-corrected chi connectivity index (χ2v) is 5.13. The highest BCUT2D eigenvalue weighted by Gasteiger charge is 2.36. The maximum absolute atomic E-state index is 12.5. The van der Waals surface area contributed by atoms with Gasteiger partial charge in [-0.1, -0.05) is 13.3 Å². The predicted octanol–water partition coefficient (Wildman–Crippen LogP) is 2.31. The first-order chi connectivity index (χ1) is 10.8. The molecule has 0 fully saturated rings. The summed E-state index contributed by atoms with van der Waals surface area (Å²) in [7, 11) is 0. The molecule has 0 bridgehead atoms. The number of hydrogen-bond acceptors (Lipinski definition) is 5. The Hall–Kier alpha value is -2.57. The van der Waals surface area contributed by atoms with Gasteiger partial charge in [-0.05, 0) is 13.3 Å². The van der Waals surface area contributed by atoms with Gasteiger partial charge in [0.2, 0.25) is 0 Å². The molecule has 3 rings (SSSR count). The standard InChI is InChI=1S/C15H19N5O2/c1-3-5-10-13(15(21)22-4-2)12(11-7-16-8-17-11)9-6-18-20-14(9)19-10/h6-8,12H,3-5H2,1-2H3,(H,16,17)(H2,18,19,20). The summed E-state index contributed by atoms with van der Waals surface area (Å²) in [4.78, 5) is 19.7. The Morgan fingerprint density at radius 2 is 2.23 bits per heavy atom. The lowest BCUT2D eigenvalue weighted by Gasteiger charge is -2.27. The van der Waals surface area contributed by atoms with Crippen molar-refractivity contribution in [3.8, 4) is 0 Å². The molecule has 116 valence electrons. The highest BCUT2D eigenvalue weighted by molar-refractivity contribution is 5.94. The number of esters is 1. The molecule has 0 saturated carbocycles. The summed E-state index contributed by atoms with van der Waals surface area (Å²) in [6, 6.07) is 0. The fourth-order valence-corrected chi connectivity index (χ4v) is 2.81. The first kappa shape index (κ1) is 14.4. The van der Waals surface area contributed by atoms with Gasteiger partial charge in [0.25, 0.3) is 0 Å². The second-order valence-electron chi connectivity index (χ2n) is 5.13. The molecule has 0 aromatic carbocycles. The van der Waals surface area contributed by atoms with Gasteiger partial charge in [-0.3, -0.25) is 5.10 Å². The van der Waals surface area contributed by atoms with Crippen LogP contribution in [-0.4, -0.2) is 32.7 Å².